The molecule has 2 aromatic carbocycles. The molecule has 0 spiro atoms. The molecule has 5 nitrogen and oxygen atoms in total. The summed E-state index contributed by atoms with van der Waals surface area (Å²) in [6.45, 7) is 0. The van der Waals surface area contributed by atoms with Gasteiger partial charge in [0.1, 0.15) is 0 Å². The first-order chi connectivity index (χ1) is 11.4. The fraction of sp³-hybridized carbons (Fsp3) is 0.235. The van der Waals surface area contributed by atoms with Crippen LogP contribution in [0.15, 0.2) is 41.3 Å². The van der Waals surface area contributed by atoms with Crippen molar-refractivity contribution in [1.29, 1.82) is 0 Å². The summed E-state index contributed by atoms with van der Waals surface area (Å²) >= 11 is 6.03. The maximum Gasteiger partial charge on any atom is 0.261 e. The topological polar surface area (TPSA) is 89.3 Å². The van der Waals surface area contributed by atoms with Gasteiger partial charge in [0.2, 0.25) is 5.91 Å². The summed E-state index contributed by atoms with van der Waals surface area (Å²) < 4.78 is 27.7. The minimum absolute atomic E-state index is 0.130. The molecule has 0 unspecified atom stereocenters. The predicted octanol–water partition coefficient (Wildman–Crippen LogP) is 3.12. The molecule has 0 heterocycles. The first kappa shape index (κ1) is 16.8. The number of anilines is 1. The van der Waals surface area contributed by atoms with Crippen LogP contribution in [0.2, 0.25) is 5.02 Å². The van der Waals surface area contributed by atoms with Crippen LogP contribution in [0.25, 0.3) is 0 Å². The van der Waals surface area contributed by atoms with Gasteiger partial charge in [-0.05, 0) is 67.1 Å². The second-order valence-corrected chi connectivity index (χ2v) is 7.89. The Bertz CT molecular complexity index is 910. The van der Waals surface area contributed by atoms with Gasteiger partial charge in [0.15, 0.2) is 0 Å². The van der Waals surface area contributed by atoms with Crippen molar-refractivity contribution in [3.63, 3.8) is 0 Å². The van der Waals surface area contributed by atoms with E-state index < -0.39 is 15.9 Å². The molecule has 0 fully saturated rings. The number of halogens is 1. The number of hydrogen-bond donors (Lipinski definition) is 2. The third-order valence-corrected chi connectivity index (χ3v) is 5.82. The van der Waals surface area contributed by atoms with Crippen molar-refractivity contribution in [2.75, 3.05) is 4.72 Å². The van der Waals surface area contributed by atoms with Crippen molar-refractivity contribution >= 4 is 33.2 Å². The average Bonchev–Trinajstić information content (AvgIpc) is 2.56. The molecular formula is C17H17ClN2O3S. The fourth-order valence-electron chi connectivity index (χ4n) is 2.84. The molecule has 0 saturated heterocycles. The molecule has 126 valence electrons. The zero-order valence-electron chi connectivity index (χ0n) is 12.9. The van der Waals surface area contributed by atoms with Crippen LogP contribution in [-0.2, 0) is 22.9 Å². The van der Waals surface area contributed by atoms with E-state index >= 15 is 0 Å². The van der Waals surface area contributed by atoms with E-state index in [2.05, 4.69) is 4.72 Å². The lowest BCUT2D eigenvalue weighted by Crippen LogP contribution is -2.16. The third-order valence-electron chi connectivity index (χ3n) is 4.13. The Balaban J connectivity index is 1.94. The highest BCUT2D eigenvalue weighted by molar-refractivity contribution is 7.92. The highest BCUT2D eigenvalue weighted by Crippen LogP contribution is 2.28. The Labute approximate surface area is 145 Å². The van der Waals surface area contributed by atoms with Crippen LogP contribution in [0.5, 0.6) is 0 Å². The zero-order chi connectivity index (χ0) is 17.3. The number of aryl methyl sites for hydroxylation is 2. The Kier molecular flexibility index (Phi) is 4.51. The number of amides is 1. The summed E-state index contributed by atoms with van der Waals surface area (Å²) in [5.74, 6) is -0.652. The van der Waals surface area contributed by atoms with E-state index in [9.17, 15) is 13.2 Å². The van der Waals surface area contributed by atoms with Crippen LogP contribution in [0, 0.1) is 0 Å². The molecule has 2 aromatic rings. The fourth-order valence-corrected chi connectivity index (χ4v) is 4.18. The van der Waals surface area contributed by atoms with Crippen LogP contribution in [0.4, 0.5) is 5.69 Å². The standard InChI is InChI=1S/C17H17ClN2O3S/c18-15-8-6-13(17(19)21)10-16(15)20-24(22,23)14-7-5-11-3-1-2-4-12(11)9-14/h5-10,20H,1-4H2,(H2,19,21). The number of carbonyl (C=O) groups is 1. The predicted molar refractivity (Wildman–Crippen MR) is 93.9 cm³/mol. The van der Waals surface area contributed by atoms with E-state index in [0.29, 0.717) is 0 Å². The van der Waals surface area contributed by atoms with Gasteiger partial charge in [-0.15, -0.1) is 0 Å². The monoisotopic (exact) mass is 364 g/mol. The van der Waals surface area contributed by atoms with Gasteiger partial charge in [-0.25, -0.2) is 8.42 Å². The first-order valence-corrected chi connectivity index (χ1v) is 9.47. The van der Waals surface area contributed by atoms with E-state index in [1.165, 1.54) is 23.8 Å². The van der Waals surface area contributed by atoms with Gasteiger partial charge < -0.3 is 5.73 Å². The van der Waals surface area contributed by atoms with Gasteiger partial charge in [0, 0.05) is 5.56 Å². The average molecular weight is 365 g/mol. The second-order valence-electron chi connectivity index (χ2n) is 5.80. The van der Waals surface area contributed by atoms with Gasteiger partial charge in [-0.1, -0.05) is 17.7 Å². The van der Waals surface area contributed by atoms with Crippen molar-refractivity contribution < 1.29 is 13.2 Å². The molecule has 0 aliphatic heterocycles. The molecule has 3 N–H and O–H groups in total. The molecule has 24 heavy (non-hydrogen) atoms. The summed E-state index contributed by atoms with van der Waals surface area (Å²) in [7, 11) is -3.80. The van der Waals surface area contributed by atoms with Crippen molar-refractivity contribution in [2.24, 2.45) is 5.73 Å². The normalized spacial score (nSPS) is 14.0. The summed E-state index contributed by atoms with van der Waals surface area (Å²) in [5.41, 5.74) is 7.81. The largest absolute Gasteiger partial charge is 0.366 e. The lowest BCUT2D eigenvalue weighted by molar-refractivity contribution is 0.100. The Hall–Kier alpha value is -2.05. The van der Waals surface area contributed by atoms with E-state index in [1.807, 2.05) is 6.07 Å². The van der Waals surface area contributed by atoms with E-state index in [1.54, 1.807) is 12.1 Å². The van der Waals surface area contributed by atoms with E-state index in [4.69, 9.17) is 17.3 Å². The van der Waals surface area contributed by atoms with Gasteiger partial charge in [-0.2, -0.15) is 0 Å². The van der Waals surface area contributed by atoms with Crippen LogP contribution in [-0.4, -0.2) is 14.3 Å². The molecule has 0 saturated carbocycles. The smallest absolute Gasteiger partial charge is 0.261 e. The SMILES string of the molecule is NC(=O)c1ccc(Cl)c(NS(=O)(=O)c2ccc3c(c2)CCCC3)c1. The van der Waals surface area contributed by atoms with Crippen LogP contribution in [0.1, 0.15) is 34.3 Å². The molecule has 0 bridgehead atoms. The number of fused-ring (bicyclic) bond motifs is 1. The third kappa shape index (κ3) is 3.39. The number of carbonyl (C=O) groups excluding carboxylic acids is 1. The number of nitrogens with two attached hydrogens (primary N) is 1. The molecule has 7 heteroatoms. The molecule has 0 aromatic heterocycles. The molecule has 3 rings (SSSR count). The van der Waals surface area contributed by atoms with Crippen LogP contribution < -0.4 is 10.5 Å². The molecule has 0 radical (unpaired) electrons. The van der Waals surface area contributed by atoms with Gasteiger partial charge in [-0.3, -0.25) is 9.52 Å². The van der Waals surface area contributed by atoms with Gasteiger partial charge >= 0.3 is 0 Å². The van der Waals surface area contributed by atoms with Crippen LogP contribution in [0.3, 0.4) is 0 Å². The van der Waals surface area contributed by atoms with Gasteiger partial charge in [0.25, 0.3) is 10.0 Å². The quantitative estimate of drug-likeness (QED) is 0.873. The molecule has 1 aliphatic carbocycles. The zero-order valence-corrected chi connectivity index (χ0v) is 14.5. The molecule has 1 amide bonds. The second kappa shape index (κ2) is 6.45. The highest BCUT2D eigenvalue weighted by Gasteiger charge is 2.19. The minimum Gasteiger partial charge on any atom is -0.366 e. The summed E-state index contributed by atoms with van der Waals surface area (Å²) in [6.07, 6.45) is 4.06. The van der Waals surface area contributed by atoms with Crippen molar-refractivity contribution in [3.05, 3.63) is 58.1 Å². The lowest BCUT2D eigenvalue weighted by Gasteiger charge is -2.17. The number of hydrogen-bond acceptors (Lipinski definition) is 3. The van der Waals surface area contributed by atoms with Crippen molar-refractivity contribution in [3.8, 4) is 0 Å². The highest BCUT2D eigenvalue weighted by atomic mass is 35.5. The molecule has 1 aliphatic rings. The maximum absolute atomic E-state index is 12.6. The minimum atomic E-state index is -3.80. The van der Waals surface area contributed by atoms with E-state index in [-0.39, 0.29) is 21.2 Å². The molecular weight excluding hydrogens is 348 g/mol. The maximum atomic E-state index is 12.6. The summed E-state index contributed by atoms with van der Waals surface area (Å²) in [6, 6.07) is 9.39. The first-order valence-electron chi connectivity index (χ1n) is 7.61. The summed E-state index contributed by atoms with van der Waals surface area (Å²) in [4.78, 5) is 11.4. The Morgan fingerprint density at radius 3 is 2.46 bits per heavy atom. The summed E-state index contributed by atoms with van der Waals surface area (Å²) in [5, 5.41) is 0.196. The number of benzene rings is 2. The molecule has 0 atom stereocenters. The van der Waals surface area contributed by atoms with E-state index in [0.717, 1.165) is 31.2 Å². The number of primary amides is 1. The Morgan fingerprint density at radius 1 is 1.04 bits per heavy atom. The number of rotatable bonds is 4. The number of nitrogens with one attached hydrogen (secondary N) is 1. The Morgan fingerprint density at radius 2 is 1.75 bits per heavy atom. The van der Waals surface area contributed by atoms with Crippen molar-refractivity contribution in [1.82, 2.24) is 0 Å². The number of sulfonamides is 1. The lowest BCUT2D eigenvalue weighted by atomic mass is 9.92. The van der Waals surface area contributed by atoms with Gasteiger partial charge in [0.05, 0.1) is 15.6 Å². The van der Waals surface area contributed by atoms with Crippen LogP contribution >= 0.6 is 11.6 Å². The van der Waals surface area contributed by atoms with Crippen molar-refractivity contribution in [2.45, 2.75) is 30.6 Å².